The number of ether oxygens (including phenoxy) is 4. The molecule has 10 atom stereocenters. The number of carbonyl (C=O) groups is 1. The Bertz CT molecular complexity index is 663. The summed E-state index contributed by atoms with van der Waals surface area (Å²) in [5.41, 5.74) is -4.41. The minimum atomic E-state index is -2.09. The van der Waals surface area contributed by atoms with E-state index in [1.807, 2.05) is 0 Å². The van der Waals surface area contributed by atoms with Crippen molar-refractivity contribution in [2.45, 2.75) is 67.6 Å². The Morgan fingerprint density at radius 3 is 2.41 bits per heavy atom. The molecular weight excluding hydrogens is 396 g/mol. The molecule has 0 amide bonds. The van der Waals surface area contributed by atoms with Gasteiger partial charge in [0, 0.05) is 6.42 Å². The third-order valence-electron chi connectivity index (χ3n) is 5.90. The third-order valence-corrected chi connectivity index (χ3v) is 5.90. The van der Waals surface area contributed by atoms with Crippen LogP contribution in [0.1, 0.15) is 13.3 Å². The Balaban J connectivity index is 1.92. The van der Waals surface area contributed by atoms with Crippen LogP contribution in [-0.2, 0) is 23.7 Å². The molecule has 0 unspecified atom stereocenters. The van der Waals surface area contributed by atoms with Crippen molar-refractivity contribution in [2.24, 2.45) is 5.92 Å². The van der Waals surface area contributed by atoms with Crippen molar-refractivity contribution >= 4 is 5.97 Å². The second kappa shape index (κ2) is 7.72. The lowest BCUT2D eigenvalue weighted by Gasteiger charge is -2.46. The number of hydrogen-bond acceptors (Lipinski definition) is 12. The van der Waals surface area contributed by atoms with E-state index in [0.29, 0.717) is 0 Å². The fourth-order valence-electron chi connectivity index (χ4n) is 4.17. The van der Waals surface area contributed by atoms with E-state index in [1.54, 1.807) is 0 Å². The summed E-state index contributed by atoms with van der Waals surface area (Å²) in [7, 11) is 1.08. The van der Waals surface area contributed by atoms with Crippen LogP contribution in [0, 0.1) is 5.92 Å². The SMILES string of the molecule is COC(=O)C1=CO[C@@H](O[C@@H]2O[C@H](CO)[C@@H](O)[C@H](O)[C@H]2O)[C@@H]2[C@@](C)(O)[C@@H](O)C[C@]12O. The summed E-state index contributed by atoms with van der Waals surface area (Å²) in [6.45, 7) is 0.528. The fraction of sp³-hybridized carbons (Fsp3) is 0.824. The molecule has 0 spiro atoms. The van der Waals surface area contributed by atoms with Crippen LogP contribution in [0.5, 0.6) is 0 Å². The summed E-state index contributed by atoms with van der Waals surface area (Å²) >= 11 is 0. The van der Waals surface area contributed by atoms with Gasteiger partial charge in [0.2, 0.25) is 6.29 Å². The van der Waals surface area contributed by atoms with Gasteiger partial charge in [-0.05, 0) is 6.92 Å². The Kier molecular flexibility index (Phi) is 5.95. The highest BCUT2D eigenvalue weighted by Crippen LogP contribution is 2.52. The van der Waals surface area contributed by atoms with Crippen LogP contribution in [0.4, 0.5) is 0 Å². The molecule has 0 bridgehead atoms. The van der Waals surface area contributed by atoms with Gasteiger partial charge >= 0.3 is 5.97 Å². The molecule has 2 aliphatic heterocycles. The van der Waals surface area contributed by atoms with Crippen LogP contribution < -0.4 is 0 Å². The van der Waals surface area contributed by atoms with E-state index in [2.05, 4.69) is 4.74 Å². The molecule has 12 heteroatoms. The highest BCUT2D eigenvalue weighted by atomic mass is 16.8. The van der Waals surface area contributed by atoms with Gasteiger partial charge in [0.05, 0.1) is 37.6 Å². The van der Waals surface area contributed by atoms with Crippen molar-refractivity contribution < 1.29 is 59.5 Å². The molecule has 0 aromatic carbocycles. The van der Waals surface area contributed by atoms with Gasteiger partial charge in [-0.1, -0.05) is 0 Å². The van der Waals surface area contributed by atoms with E-state index < -0.39 is 79.2 Å². The van der Waals surface area contributed by atoms with Crippen LogP contribution >= 0.6 is 0 Å². The molecule has 2 heterocycles. The number of hydrogen-bond donors (Lipinski definition) is 7. The van der Waals surface area contributed by atoms with E-state index in [4.69, 9.17) is 14.2 Å². The van der Waals surface area contributed by atoms with Gasteiger partial charge < -0.3 is 54.7 Å². The first kappa shape index (κ1) is 22.3. The monoisotopic (exact) mass is 422 g/mol. The molecule has 0 aromatic heterocycles. The number of aliphatic hydroxyl groups excluding tert-OH is 5. The van der Waals surface area contributed by atoms with Gasteiger partial charge in [-0.15, -0.1) is 0 Å². The zero-order valence-electron chi connectivity index (χ0n) is 15.8. The van der Waals surface area contributed by atoms with E-state index in [-0.39, 0.29) is 5.57 Å². The Labute approximate surface area is 165 Å². The van der Waals surface area contributed by atoms with E-state index in [0.717, 1.165) is 13.4 Å². The fourth-order valence-corrected chi connectivity index (χ4v) is 4.17. The highest BCUT2D eigenvalue weighted by Gasteiger charge is 2.67. The third kappa shape index (κ3) is 3.44. The Hall–Kier alpha value is -1.35. The van der Waals surface area contributed by atoms with Crippen molar-refractivity contribution in [3.8, 4) is 0 Å². The molecule has 7 N–H and O–H groups in total. The molecular formula is C17H26O12. The van der Waals surface area contributed by atoms with Gasteiger partial charge in [0.15, 0.2) is 6.29 Å². The number of carbonyl (C=O) groups excluding carboxylic acids is 1. The summed E-state index contributed by atoms with van der Waals surface area (Å²) in [5.74, 6) is -2.36. The number of fused-ring (bicyclic) bond motifs is 1. The molecule has 12 nitrogen and oxygen atoms in total. The van der Waals surface area contributed by atoms with Crippen LogP contribution in [-0.4, -0.2) is 110 Å². The van der Waals surface area contributed by atoms with Gasteiger partial charge in [-0.2, -0.15) is 0 Å². The quantitative estimate of drug-likeness (QED) is 0.218. The lowest BCUT2D eigenvalue weighted by molar-refractivity contribution is -0.352. The number of esters is 1. The maximum absolute atomic E-state index is 12.1. The first-order chi connectivity index (χ1) is 13.5. The van der Waals surface area contributed by atoms with Gasteiger partial charge in [-0.25, -0.2) is 4.79 Å². The summed E-state index contributed by atoms with van der Waals surface area (Å²) in [6.07, 6.45) is -10.5. The number of aliphatic hydroxyl groups is 7. The molecule has 3 rings (SSSR count). The van der Waals surface area contributed by atoms with E-state index in [9.17, 15) is 40.5 Å². The van der Waals surface area contributed by atoms with Gasteiger partial charge in [0.25, 0.3) is 0 Å². The highest BCUT2D eigenvalue weighted by molar-refractivity contribution is 5.91. The largest absolute Gasteiger partial charge is 0.471 e. The zero-order valence-corrected chi connectivity index (χ0v) is 15.8. The van der Waals surface area contributed by atoms with Crippen molar-refractivity contribution in [2.75, 3.05) is 13.7 Å². The molecule has 2 fully saturated rings. The molecule has 0 aromatic rings. The standard InChI is InChI=1S/C17H26O12/c1-16(24)8(19)3-17(25)6(13(23)26-2)5-27-15(12(16)17)29-14-11(22)10(21)9(20)7(4-18)28-14/h5,7-12,14-15,18-22,24-25H,3-4H2,1-2H3/t7-,8+,9-,10+,11-,12-,14+,15+,16+,17+/m1/s1. The topological polar surface area (TPSA) is 196 Å². The number of methoxy groups -OCH3 is 1. The maximum atomic E-state index is 12.1. The molecule has 0 radical (unpaired) electrons. The van der Waals surface area contributed by atoms with Crippen molar-refractivity contribution in [1.29, 1.82) is 0 Å². The summed E-state index contributed by atoms with van der Waals surface area (Å²) < 4.78 is 20.7. The lowest BCUT2D eigenvalue weighted by atomic mass is 9.77. The van der Waals surface area contributed by atoms with E-state index >= 15 is 0 Å². The first-order valence-electron chi connectivity index (χ1n) is 9.02. The molecule has 1 aliphatic carbocycles. The predicted molar refractivity (Wildman–Crippen MR) is 89.5 cm³/mol. The molecule has 166 valence electrons. The minimum absolute atomic E-state index is 0.338. The van der Waals surface area contributed by atoms with Crippen molar-refractivity contribution in [3.63, 3.8) is 0 Å². The number of rotatable bonds is 4. The Morgan fingerprint density at radius 2 is 1.83 bits per heavy atom. The lowest BCUT2D eigenvalue weighted by Crippen LogP contribution is -2.62. The zero-order chi connectivity index (χ0) is 21.7. The van der Waals surface area contributed by atoms with Crippen molar-refractivity contribution in [3.05, 3.63) is 11.8 Å². The van der Waals surface area contributed by atoms with E-state index in [1.165, 1.54) is 6.92 Å². The van der Waals surface area contributed by atoms with Gasteiger partial charge in [-0.3, -0.25) is 0 Å². The first-order valence-corrected chi connectivity index (χ1v) is 9.02. The smallest absolute Gasteiger partial charge is 0.339 e. The summed E-state index contributed by atoms with van der Waals surface area (Å²) in [4.78, 5) is 12.1. The average molecular weight is 422 g/mol. The summed E-state index contributed by atoms with van der Waals surface area (Å²) in [5, 5.41) is 71.4. The van der Waals surface area contributed by atoms with Crippen molar-refractivity contribution in [1.82, 2.24) is 0 Å². The molecule has 29 heavy (non-hydrogen) atoms. The van der Waals surface area contributed by atoms with Gasteiger partial charge in [0.1, 0.15) is 35.6 Å². The second-order valence-electron chi connectivity index (χ2n) is 7.71. The average Bonchev–Trinajstić information content (AvgIpc) is 2.86. The normalized spacial score (nSPS) is 49.8. The maximum Gasteiger partial charge on any atom is 0.339 e. The molecule has 1 saturated carbocycles. The minimum Gasteiger partial charge on any atom is -0.471 e. The molecule has 1 saturated heterocycles. The summed E-state index contributed by atoms with van der Waals surface area (Å²) in [6, 6.07) is 0. The van der Waals surface area contributed by atoms with Crippen LogP contribution in [0.25, 0.3) is 0 Å². The molecule has 3 aliphatic rings. The second-order valence-corrected chi connectivity index (χ2v) is 7.71. The van der Waals surface area contributed by atoms with Crippen LogP contribution in [0.3, 0.4) is 0 Å². The Morgan fingerprint density at radius 1 is 1.17 bits per heavy atom. The van der Waals surface area contributed by atoms with Crippen LogP contribution in [0.2, 0.25) is 0 Å². The van der Waals surface area contributed by atoms with Crippen LogP contribution in [0.15, 0.2) is 11.8 Å². The predicted octanol–water partition coefficient (Wildman–Crippen LogP) is -3.92.